The Labute approximate surface area is 141 Å². The van der Waals surface area contributed by atoms with Crippen molar-refractivity contribution in [3.05, 3.63) is 64.8 Å². The number of imidazole rings is 1. The Morgan fingerprint density at radius 3 is 2.50 bits per heavy atom. The predicted molar refractivity (Wildman–Crippen MR) is 88.2 cm³/mol. The van der Waals surface area contributed by atoms with E-state index < -0.39 is 11.7 Å². The van der Waals surface area contributed by atoms with E-state index in [2.05, 4.69) is 4.98 Å². The van der Waals surface area contributed by atoms with Crippen LogP contribution in [0.2, 0.25) is 5.02 Å². The van der Waals surface area contributed by atoms with Crippen molar-refractivity contribution in [3.63, 3.8) is 0 Å². The molecule has 0 aliphatic heterocycles. The first kappa shape index (κ1) is 16.4. The molecule has 0 radical (unpaired) electrons. The fourth-order valence-corrected chi connectivity index (χ4v) is 2.76. The van der Waals surface area contributed by atoms with Gasteiger partial charge in [-0.1, -0.05) is 29.8 Å². The quantitative estimate of drug-likeness (QED) is 0.697. The maximum atomic E-state index is 13.1. The number of nitrogen functional groups attached to an aromatic ring is 1. The standard InChI is InChI=1S/C17H13ClF3N3/c1-10-13(17(19,20)21)6-3-7-15(10)24-9-14(23-16(24)22)11-4-2-5-12(18)8-11/h2-9H,1H3,(H2,22,23). The predicted octanol–water partition coefficient (Wildman–Crippen LogP) is 5.10. The molecule has 7 heteroatoms. The normalized spacial score (nSPS) is 11.7. The van der Waals surface area contributed by atoms with Crippen molar-refractivity contribution in [2.24, 2.45) is 0 Å². The van der Waals surface area contributed by atoms with Crippen LogP contribution in [0, 0.1) is 6.92 Å². The molecular formula is C17H13ClF3N3. The van der Waals surface area contributed by atoms with Crippen LogP contribution in [-0.4, -0.2) is 9.55 Å². The maximum absolute atomic E-state index is 13.1. The summed E-state index contributed by atoms with van der Waals surface area (Å²) in [5.74, 6) is 0.104. The molecule has 0 saturated heterocycles. The van der Waals surface area contributed by atoms with E-state index >= 15 is 0 Å². The second-order valence-corrected chi connectivity index (χ2v) is 5.75. The van der Waals surface area contributed by atoms with Gasteiger partial charge in [0.1, 0.15) is 0 Å². The summed E-state index contributed by atoms with van der Waals surface area (Å²) in [5, 5.41) is 0.538. The van der Waals surface area contributed by atoms with Crippen LogP contribution in [0.3, 0.4) is 0 Å². The number of hydrogen-bond acceptors (Lipinski definition) is 2. The Morgan fingerprint density at radius 1 is 1.12 bits per heavy atom. The van der Waals surface area contributed by atoms with Crippen LogP contribution in [0.1, 0.15) is 11.1 Å². The van der Waals surface area contributed by atoms with E-state index in [1.807, 2.05) is 0 Å². The van der Waals surface area contributed by atoms with Crippen molar-refractivity contribution in [1.29, 1.82) is 0 Å². The van der Waals surface area contributed by atoms with Crippen molar-refractivity contribution in [2.45, 2.75) is 13.1 Å². The van der Waals surface area contributed by atoms with Gasteiger partial charge in [-0.2, -0.15) is 13.2 Å². The Kier molecular flexibility index (Phi) is 4.01. The lowest BCUT2D eigenvalue weighted by atomic mass is 10.1. The summed E-state index contributed by atoms with van der Waals surface area (Å²) in [6.45, 7) is 1.41. The van der Waals surface area contributed by atoms with Crippen molar-refractivity contribution < 1.29 is 13.2 Å². The van der Waals surface area contributed by atoms with Gasteiger partial charge in [0.15, 0.2) is 0 Å². The van der Waals surface area contributed by atoms with Gasteiger partial charge >= 0.3 is 6.18 Å². The van der Waals surface area contributed by atoms with E-state index in [9.17, 15) is 13.2 Å². The number of hydrogen-bond donors (Lipinski definition) is 1. The average Bonchev–Trinajstić information content (AvgIpc) is 2.88. The van der Waals surface area contributed by atoms with Crippen LogP contribution >= 0.6 is 11.6 Å². The minimum absolute atomic E-state index is 0.0896. The average molecular weight is 352 g/mol. The Balaban J connectivity index is 2.12. The third-order valence-corrected chi connectivity index (χ3v) is 3.96. The molecular weight excluding hydrogens is 339 g/mol. The summed E-state index contributed by atoms with van der Waals surface area (Å²) >= 11 is 5.96. The van der Waals surface area contributed by atoms with E-state index in [1.54, 1.807) is 36.5 Å². The van der Waals surface area contributed by atoms with Crippen LogP contribution in [-0.2, 0) is 6.18 Å². The van der Waals surface area contributed by atoms with Gasteiger partial charge in [0.2, 0.25) is 5.95 Å². The van der Waals surface area contributed by atoms with E-state index in [1.165, 1.54) is 17.6 Å². The zero-order valence-electron chi connectivity index (χ0n) is 12.6. The number of aromatic nitrogens is 2. The molecule has 0 fully saturated rings. The number of nitrogens with two attached hydrogens (primary N) is 1. The molecule has 0 atom stereocenters. The fraction of sp³-hybridized carbons (Fsp3) is 0.118. The molecule has 24 heavy (non-hydrogen) atoms. The largest absolute Gasteiger partial charge is 0.416 e. The minimum Gasteiger partial charge on any atom is -0.369 e. The lowest BCUT2D eigenvalue weighted by Gasteiger charge is -2.14. The van der Waals surface area contributed by atoms with Gasteiger partial charge < -0.3 is 5.73 Å². The SMILES string of the molecule is Cc1c(-n2cc(-c3cccc(Cl)c3)nc2N)cccc1C(F)(F)F. The van der Waals surface area contributed by atoms with Gasteiger partial charge in [-0.15, -0.1) is 0 Å². The van der Waals surface area contributed by atoms with Crippen molar-refractivity contribution in [3.8, 4) is 16.9 Å². The van der Waals surface area contributed by atoms with Gasteiger partial charge in [-0.25, -0.2) is 4.98 Å². The molecule has 0 bridgehead atoms. The van der Waals surface area contributed by atoms with Gasteiger partial charge in [0, 0.05) is 16.8 Å². The van der Waals surface area contributed by atoms with Gasteiger partial charge in [0.05, 0.1) is 16.9 Å². The summed E-state index contributed by atoms with van der Waals surface area (Å²) in [6, 6.07) is 11.0. The molecule has 3 rings (SSSR count). The van der Waals surface area contributed by atoms with Crippen LogP contribution in [0.15, 0.2) is 48.7 Å². The van der Waals surface area contributed by atoms with Crippen LogP contribution < -0.4 is 5.73 Å². The third-order valence-electron chi connectivity index (χ3n) is 3.72. The van der Waals surface area contributed by atoms with Gasteiger partial charge in [0.25, 0.3) is 0 Å². The Hall–Kier alpha value is -2.47. The van der Waals surface area contributed by atoms with E-state index in [0.717, 1.165) is 11.6 Å². The molecule has 3 nitrogen and oxygen atoms in total. The highest BCUT2D eigenvalue weighted by atomic mass is 35.5. The number of rotatable bonds is 2. The zero-order chi connectivity index (χ0) is 17.5. The number of anilines is 1. The van der Waals surface area contributed by atoms with Gasteiger partial charge in [-0.05, 0) is 36.8 Å². The first-order valence-electron chi connectivity index (χ1n) is 7.05. The van der Waals surface area contributed by atoms with Crippen molar-refractivity contribution >= 4 is 17.5 Å². The number of nitrogens with zero attached hydrogens (tertiary/aromatic N) is 2. The molecule has 3 aromatic rings. The summed E-state index contributed by atoms with van der Waals surface area (Å²) in [5.41, 5.74) is 6.91. The molecule has 0 amide bonds. The monoisotopic (exact) mass is 351 g/mol. The second-order valence-electron chi connectivity index (χ2n) is 5.31. The van der Waals surface area contributed by atoms with Crippen LogP contribution in [0.25, 0.3) is 16.9 Å². The zero-order valence-corrected chi connectivity index (χ0v) is 13.4. The summed E-state index contributed by atoms with van der Waals surface area (Å²) in [7, 11) is 0. The van der Waals surface area contributed by atoms with Crippen molar-refractivity contribution in [2.75, 3.05) is 5.73 Å². The number of alkyl halides is 3. The minimum atomic E-state index is -4.43. The molecule has 2 aromatic carbocycles. The van der Waals surface area contributed by atoms with Crippen LogP contribution in [0.5, 0.6) is 0 Å². The lowest BCUT2D eigenvalue weighted by Crippen LogP contribution is -2.10. The summed E-state index contributed by atoms with van der Waals surface area (Å²) < 4.78 is 40.7. The first-order valence-corrected chi connectivity index (χ1v) is 7.43. The molecule has 0 aliphatic rings. The highest BCUT2D eigenvalue weighted by Crippen LogP contribution is 2.35. The molecule has 0 aliphatic carbocycles. The second kappa shape index (κ2) is 5.87. The number of benzene rings is 2. The number of halogens is 4. The molecule has 124 valence electrons. The van der Waals surface area contributed by atoms with E-state index in [0.29, 0.717) is 16.4 Å². The Bertz CT molecular complexity index is 900. The molecule has 0 unspecified atom stereocenters. The Morgan fingerprint density at radius 2 is 1.83 bits per heavy atom. The summed E-state index contributed by atoms with van der Waals surface area (Å²) in [6.07, 6.45) is -2.82. The highest BCUT2D eigenvalue weighted by molar-refractivity contribution is 6.30. The molecule has 1 heterocycles. The topological polar surface area (TPSA) is 43.8 Å². The first-order chi connectivity index (χ1) is 11.3. The molecule has 0 spiro atoms. The van der Waals surface area contributed by atoms with E-state index in [4.69, 9.17) is 17.3 Å². The molecule has 0 saturated carbocycles. The van der Waals surface area contributed by atoms with Crippen molar-refractivity contribution in [1.82, 2.24) is 9.55 Å². The van der Waals surface area contributed by atoms with E-state index in [-0.39, 0.29) is 11.5 Å². The van der Waals surface area contributed by atoms with Gasteiger partial charge in [-0.3, -0.25) is 4.57 Å². The molecule has 2 N–H and O–H groups in total. The third kappa shape index (κ3) is 2.97. The lowest BCUT2D eigenvalue weighted by molar-refractivity contribution is -0.138. The van der Waals surface area contributed by atoms with Crippen LogP contribution in [0.4, 0.5) is 19.1 Å². The highest BCUT2D eigenvalue weighted by Gasteiger charge is 2.33. The molecule has 1 aromatic heterocycles. The fourth-order valence-electron chi connectivity index (χ4n) is 2.57. The maximum Gasteiger partial charge on any atom is 0.416 e. The smallest absolute Gasteiger partial charge is 0.369 e. The summed E-state index contributed by atoms with van der Waals surface area (Å²) in [4.78, 5) is 4.23.